The van der Waals surface area contributed by atoms with Gasteiger partial charge in [-0.25, -0.2) is 4.98 Å². The van der Waals surface area contributed by atoms with Crippen LogP contribution in [0.5, 0.6) is 0 Å². The molecule has 1 heterocycles. The summed E-state index contributed by atoms with van der Waals surface area (Å²) in [4.78, 5) is 5.09. The van der Waals surface area contributed by atoms with Crippen molar-refractivity contribution in [3.05, 3.63) is 42.7 Å². The molecule has 0 saturated carbocycles. The largest absolute Gasteiger partial charge is 0.380 e. The van der Waals surface area contributed by atoms with Crippen molar-refractivity contribution in [3.63, 3.8) is 0 Å². The second-order valence-electron chi connectivity index (χ2n) is 3.52. The summed E-state index contributed by atoms with van der Waals surface area (Å²) in [5.41, 5.74) is 2.05. The highest BCUT2D eigenvalue weighted by Gasteiger charge is 2.04. The van der Waals surface area contributed by atoms with Crippen LogP contribution in [0.2, 0.25) is 9.49 Å². The minimum Gasteiger partial charge on any atom is -0.380 e. The summed E-state index contributed by atoms with van der Waals surface area (Å²) in [7, 11) is 0. The average Bonchev–Trinajstić information content (AvgIpc) is 2.69. The molecule has 0 aliphatic heterocycles. The normalized spacial score (nSPS) is 10.6. The molecule has 2 aromatic rings. The first kappa shape index (κ1) is 13.1. The van der Waals surface area contributed by atoms with Gasteiger partial charge in [0.1, 0.15) is 0 Å². The predicted molar refractivity (Wildman–Crippen MR) is 78.3 cm³/mol. The third-order valence-electron chi connectivity index (χ3n) is 2.20. The van der Waals surface area contributed by atoms with Crippen molar-refractivity contribution in [3.8, 4) is 0 Å². The zero-order valence-corrected chi connectivity index (χ0v) is 12.8. The number of halogens is 3. The Kier molecular flexibility index (Phi) is 4.31. The maximum Gasteiger partial charge on any atom is 0.183 e. The van der Waals surface area contributed by atoms with Crippen molar-refractivity contribution in [1.29, 1.82) is 0 Å². The maximum absolute atomic E-state index is 6.07. The zero-order valence-electron chi connectivity index (χ0n) is 8.93. The van der Waals surface area contributed by atoms with Crippen LogP contribution >= 0.6 is 50.5 Å². The Balaban J connectivity index is 2.09. The van der Waals surface area contributed by atoms with Gasteiger partial charge in [-0.3, -0.25) is 0 Å². The van der Waals surface area contributed by atoms with Crippen molar-refractivity contribution in [2.45, 2.75) is 13.5 Å². The second-order valence-corrected chi connectivity index (χ2v) is 6.45. The van der Waals surface area contributed by atoms with Crippen molar-refractivity contribution in [1.82, 2.24) is 4.98 Å². The van der Waals surface area contributed by atoms with Gasteiger partial charge in [0.05, 0.1) is 11.6 Å². The molecule has 2 rings (SSSR count). The summed E-state index contributed by atoms with van der Waals surface area (Å²) in [5, 5.41) is 4.05. The van der Waals surface area contributed by atoms with Crippen LogP contribution in [0.1, 0.15) is 10.4 Å². The van der Waals surface area contributed by atoms with Crippen LogP contribution in [-0.2, 0) is 6.54 Å². The molecule has 0 saturated heterocycles. The maximum atomic E-state index is 6.07. The Bertz CT molecular complexity index is 519. The van der Waals surface area contributed by atoms with E-state index in [1.807, 2.05) is 19.1 Å². The molecule has 90 valence electrons. The number of benzene rings is 1. The molecular weight excluding hydrogens is 343 g/mol. The van der Waals surface area contributed by atoms with Gasteiger partial charge in [-0.1, -0.05) is 23.2 Å². The number of nitrogens with zero attached hydrogens (tertiary/aromatic N) is 1. The van der Waals surface area contributed by atoms with E-state index in [0.29, 0.717) is 11.0 Å². The van der Waals surface area contributed by atoms with Crippen LogP contribution in [0.25, 0.3) is 0 Å². The van der Waals surface area contributed by atoms with Crippen molar-refractivity contribution in [2.24, 2.45) is 0 Å². The van der Waals surface area contributed by atoms with Crippen LogP contribution in [0.4, 0.5) is 5.69 Å². The SMILES string of the molecule is Cc1cc(NCc2cnc(Cl)s2)cc(Br)c1Cl. The monoisotopic (exact) mass is 350 g/mol. The lowest BCUT2D eigenvalue weighted by atomic mass is 10.2. The summed E-state index contributed by atoms with van der Waals surface area (Å²) >= 11 is 16.7. The predicted octanol–water partition coefficient (Wildman–Crippen LogP) is 5.13. The molecule has 0 aliphatic carbocycles. The number of anilines is 1. The Hall–Kier alpha value is -0.290. The minimum atomic E-state index is 0.565. The first-order chi connectivity index (χ1) is 8.06. The van der Waals surface area contributed by atoms with Crippen LogP contribution in [0, 0.1) is 6.92 Å². The highest BCUT2D eigenvalue weighted by Crippen LogP contribution is 2.30. The molecule has 0 fully saturated rings. The lowest BCUT2D eigenvalue weighted by Crippen LogP contribution is -1.98. The van der Waals surface area contributed by atoms with Crippen LogP contribution in [-0.4, -0.2) is 4.98 Å². The van der Waals surface area contributed by atoms with E-state index in [4.69, 9.17) is 23.2 Å². The standard InChI is InChI=1S/C11H9BrCl2N2S/c1-6-2-7(3-9(12)10(6)13)15-4-8-5-16-11(14)17-8/h2-3,5,15H,4H2,1H3. The molecule has 1 aromatic heterocycles. The van der Waals surface area contributed by atoms with E-state index in [9.17, 15) is 0 Å². The van der Waals surface area contributed by atoms with Gasteiger partial charge in [0.15, 0.2) is 4.47 Å². The van der Waals surface area contributed by atoms with E-state index in [-0.39, 0.29) is 0 Å². The fourth-order valence-corrected chi connectivity index (χ4v) is 2.97. The number of thiazole rings is 1. The summed E-state index contributed by atoms with van der Waals surface area (Å²) in [6.45, 7) is 2.68. The highest BCUT2D eigenvalue weighted by molar-refractivity contribution is 9.10. The first-order valence-electron chi connectivity index (χ1n) is 4.86. The van der Waals surface area contributed by atoms with Gasteiger partial charge in [0.2, 0.25) is 0 Å². The first-order valence-corrected chi connectivity index (χ1v) is 7.22. The minimum absolute atomic E-state index is 0.565. The molecule has 0 radical (unpaired) electrons. The Morgan fingerprint density at radius 1 is 1.41 bits per heavy atom. The number of aryl methyl sites for hydroxylation is 1. The van der Waals surface area contributed by atoms with E-state index in [1.54, 1.807) is 6.20 Å². The van der Waals surface area contributed by atoms with Crippen molar-refractivity contribution in [2.75, 3.05) is 5.32 Å². The molecule has 0 atom stereocenters. The summed E-state index contributed by atoms with van der Waals surface area (Å²) in [6.07, 6.45) is 1.78. The average molecular weight is 352 g/mol. The van der Waals surface area contributed by atoms with E-state index in [1.165, 1.54) is 11.3 Å². The van der Waals surface area contributed by atoms with Gasteiger partial charge in [-0.05, 0) is 40.5 Å². The Morgan fingerprint density at radius 2 is 2.18 bits per heavy atom. The van der Waals surface area contributed by atoms with E-state index >= 15 is 0 Å². The molecular formula is C11H9BrCl2N2S. The molecule has 6 heteroatoms. The Labute approximate surface area is 122 Å². The second kappa shape index (κ2) is 5.57. The molecule has 17 heavy (non-hydrogen) atoms. The number of hydrogen-bond donors (Lipinski definition) is 1. The Morgan fingerprint density at radius 3 is 2.76 bits per heavy atom. The van der Waals surface area contributed by atoms with E-state index in [2.05, 4.69) is 26.2 Å². The van der Waals surface area contributed by atoms with Crippen molar-refractivity contribution < 1.29 is 0 Å². The fourth-order valence-electron chi connectivity index (χ4n) is 1.38. The molecule has 0 spiro atoms. The highest BCUT2D eigenvalue weighted by atomic mass is 79.9. The third-order valence-corrected chi connectivity index (χ3v) is 4.67. The summed E-state index contributed by atoms with van der Waals surface area (Å²) in [6, 6.07) is 3.97. The summed E-state index contributed by atoms with van der Waals surface area (Å²) in [5.74, 6) is 0. The number of nitrogens with one attached hydrogen (secondary N) is 1. The lowest BCUT2D eigenvalue weighted by Gasteiger charge is -2.08. The molecule has 0 amide bonds. The number of hydrogen-bond acceptors (Lipinski definition) is 3. The number of rotatable bonds is 3. The molecule has 1 N–H and O–H groups in total. The van der Waals surface area contributed by atoms with Crippen LogP contribution in [0.3, 0.4) is 0 Å². The summed E-state index contributed by atoms with van der Waals surface area (Å²) < 4.78 is 1.46. The molecule has 0 unspecified atom stereocenters. The van der Waals surface area contributed by atoms with Gasteiger partial charge in [-0.15, -0.1) is 11.3 Å². The van der Waals surface area contributed by atoms with Gasteiger partial charge in [0.25, 0.3) is 0 Å². The van der Waals surface area contributed by atoms with Gasteiger partial charge in [-0.2, -0.15) is 0 Å². The van der Waals surface area contributed by atoms with Crippen molar-refractivity contribution >= 4 is 56.2 Å². The number of aromatic nitrogens is 1. The van der Waals surface area contributed by atoms with Crippen LogP contribution in [0.15, 0.2) is 22.8 Å². The van der Waals surface area contributed by atoms with E-state index in [0.717, 1.165) is 25.6 Å². The smallest absolute Gasteiger partial charge is 0.183 e. The molecule has 0 bridgehead atoms. The van der Waals surface area contributed by atoms with Gasteiger partial charge >= 0.3 is 0 Å². The molecule has 1 aromatic carbocycles. The topological polar surface area (TPSA) is 24.9 Å². The van der Waals surface area contributed by atoms with Gasteiger partial charge < -0.3 is 5.32 Å². The molecule has 2 nitrogen and oxygen atoms in total. The van der Waals surface area contributed by atoms with Gasteiger partial charge in [0, 0.05) is 21.2 Å². The quantitative estimate of drug-likeness (QED) is 0.828. The fraction of sp³-hybridized carbons (Fsp3) is 0.182. The third kappa shape index (κ3) is 3.35. The molecule has 0 aliphatic rings. The lowest BCUT2D eigenvalue weighted by molar-refractivity contribution is 1.17. The zero-order chi connectivity index (χ0) is 12.4. The van der Waals surface area contributed by atoms with E-state index < -0.39 is 0 Å². The van der Waals surface area contributed by atoms with Crippen LogP contribution < -0.4 is 5.32 Å².